The number of sulfonamides is 1. The molecule has 0 radical (unpaired) electrons. The summed E-state index contributed by atoms with van der Waals surface area (Å²) in [6.07, 6.45) is 7.00. The van der Waals surface area contributed by atoms with E-state index in [4.69, 9.17) is 0 Å². The summed E-state index contributed by atoms with van der Waals surface area (Å²) in [6.45, 7) is 6.01. The second kappa shape index (κ2) is 9.76. The topological polar surface area (TPSA) is 66.5 Å². The molecule has 7 heteroatoms. The van der Waals surface area contributed by atoms with Gasteiger partial charge in [-0.2, -0.15) is 0 Å². The van der Waals surface area contributed by atoms with E-state index >= 15 is 0 Å². The Kier molecular flexibility index (Phi) is 7.98. The number of carbonyl (C=O) groups is 1. The molecule has 1 aliphatic rings. The molecule has 1 aromatic rings. The molecule has 0 atom stereocenters. The third-order valence-corrected chi connectivity index (χ3v) is 6.87. The van der Waals surface area contributed by atoms with Crippen LogP contribution < -0.4 is 4.72 Å². The standard InChI is InChI=1S/C19H30N2O3S2/c1-15(2)10-11-20-26(23,24)16-8-9-18(25-3)17(14-16)19(22)21-12-6-4-5-7-13-21/h8-9,14-15,20H,4-7,10-13H2,1-3H3. The monoisotopic (exact) mass is 398 g/mol. The number of amides is 1. The van der Waals surface area contributed by atoms with Crippen LogP contribution in [0.25, 0.3) is 0 Å². The van der Waals surface area contributed by atoms with Crippen LogP contribution >= 0.6 is 11.8 Å². The number of thioether (sulfide) groups is 1. The highest BCUT2D eigenvalue weighted by atomic mass is 32.2. The second-order valence-corrected chi connectivity index (χ2v) is 9.76. The Bertz CT molecular complexity index is 709. The maximum atomic E-state index is 13.0. The summed E-state index contributed by atoms with van der Waals surface area (Å²) in [4.78, 5) is 15.9. The van der Waals surface area contributed by atoms with Gasteiger partial charge in [-0.1, -0.05) is 26.7 Å². The first-order valence-electron chi connectivity index (χ1n) is 9.32. The molecule has 1 N–H and O–H groups in total. The lowest BCUT2D eigenvalue weighted by Gasteiger charge is -2.22. The summed E-state index contributed by atoms with van der Waals surface area (Å²) in [5.74, 6) is 0.368. The fourth-order valence-corrected chi connectivity index (χ4v) is 4.67. The van der Waals surface area contributed by atoms with Crippen LogP contribution in [0.4, 0.5) is 0 Å². The minimum Gasteiger partial charge on any atom is -0.339 e. The molecule has 1 heterocycles. The highest BCUT2D eigenvalue weighted by Crippen LogP contribution is 2.26. The van der Waals surface area contributed by atoms with Crippen LogP contribution in [-0.4, -0.2) is 45.1 Å². The van der Waals surface area contributed by atoms with Crippen molar-refractivity contribution < 1.29 is 13.2 Å². The van der Waals surface area contributed by atoms with E-state index in [2.05, 4.69) is 18.6 Å². The van der Waals surface area contributed by atoms with Crippen molar-refractivity contribution in [3.8, 4) is 0 Å². The molecule has 1 saturated heterocycles. The van der Waals surface area contributed by atoms with Crippen LogP contribution in [0, 0.1) is 5.92 Å². The molecule has 2 rings (SSSR count). The van der Waals surface area contributed by atoms with Crippen molar-refractivity contribution >= 4 is 27.7 Å². The van der Waals surface area contributed by atoms with Crippen molar-refractivity contribution in [1.82, 2.24) is 9.62 Å². The van der Waals surface area contributed by atoms with E-state index in [1.165, 1.54) is 17.8 Å². The molecular formula is C19H30N2O3S2. The lowest BCUT2D eigenvalue weighted by atomic mass is 10.1. The Morgan fingerprint density at radius 1 is 1.19 bits per heavy atom. The van der Waals surface area contributed by atoms with Gasteiger partial charge in [0.05, 0.1) is 10.5 Å². The van der Waals surface area contributed by atoms with Crippen LogP contribution in [-0.2, 0) is 10.0 Å². The Hall–Kier alpha value is -1.05. The number of rotatable bonds is 7. The van der Waals surface area contributed by atoms with Crippen LogP contribution in [0.3, 0.4) is 0 Å². The minimum absolute atomic E-state index is 0.0597. The molecule has 0 aliphatic carbocycles. The molecule has 0 bridgehead atoms. The molecule has 0 unspecified atom stereocenters. The highest BCUT2D eigenvalue weighted by Gasteiger charge is 2.23. The number of hydrogen-bond acceptors (Lipinski definition) is 4. The Balaban J connectivity index is 2.25. The summed E-state index contributed by atoms with van der Waals surface area (Å²) >= 11 is 1.47. The van der Waals surface area contributed by atoms with E-state index < -0.39 is 10.0 Å². The van der Waals surface area contributed by atoms with Gasteiger partial charge in [-0.15, -0.1) is 11.8 Å². The van der Waals surface area contributed by atoms with Gasteiger partial charge in [0, 0.05) is 24.5 Å². The predicted molar refractivity (Wildman–Crippen MR) is 107 cm³/mol. The first kappa shape index (κ1) is 21.3. The fraction of sp³-hybridized carbons (Fsp3) is 0.632. The molecule has 0 aromatic heterocycles. The molecule has 26 heavy (non-hydrogen) atoms. The van der Waals surface area contributed by atoms with Gasteiger partial charge in [0.2, 0.25) is 10.0 Å². The van der Waals surface area contributed by atoms with E-state index in [1.807, 2.05) is 11.2 Å². The van der Waals surface area contributed by atoms with E-state index in [-0.39, 0.29) is 10.8 Å². The van der Waals surface area contributed by atoms with Crippen molar-refractivity contribution in [3.05, 3.63) is 23.8 Å². The second-order valence-electron chi connectivity index (χ2n) is 7.15. The zero-order valence-corrected chi connectivity index (χ0v) is 17.6. The molecule has 1 fully saturated rings. The third kappa shape index (κ3) is 5.72. The lowest BCUT2D eigenvalue weighted by Crippen LogP contribution is -2.32. The van der Waals surface area contributed by atoms with Crippen LogP contribution in [0.15, 0.2) is 28.0 Å². The maximum Gasteiger partial charge on any atom is 0.255 e. The van der Waals surface area contributed by atoms with E-state index in [0.29, 0.717) is 18.0 Å². The molecule has 1 aliphatic heterocycles. The summed E-state index contributed by atoms with van der Waals surface area (Å²) in [5, 5.41) is 0. The van der Waals surface area contributed by atoms with Crippen LogP contribution in [0.1, 0.15) is 56.3 Å². The van der Waals surface area contributed by atoms with Crippen LogP contribution in [0.5, 0.6) is 0 Å². The number of nitrogens with one attached hydrogen (secondary N) is 1. The van der Waals surface area contributed by atoms with Gasteiger partial charge in [0.1, 0.15) is 0 Å². The maximum absolute atomic E-state index is 13.0. The highest BCUT2D eigenvalue weighted by molar-refractivity contribution is 7.98. The van der Waals surface area contributed by atoms with E-state index in [0.717, 1.165) is 50.1 Å². The number of benzene rings is 1. The normalized spacial score (nSPS) is 15.9. The first-order chi connectivity index (χ1) is 12.3. The van der Waals surface area contributed by atoms with Crippen molar-refractivity contribution in [3.63, 3.8) is 0 Å². The minimum atomic E-state index is -3.60. The molecule has 0 saturated carbocycles. The summed E-state index contributed by atoms with van der Waals surface area (Å²) in [7, 11) is -3.60. The quantitative estimate of drug-likeness (QED) is 0.711. The van der Waals surface area contributed by atoms with E-state index in [1.54, 1.807) is 12.1 Å². The van der Waals surface area contributed by atoms with Gasteiger partial charge < -0.3 is 4.90 Å². The van der Waals surface area contributed by atoms with E-state index in [9.17, 15) is 13.2 Å². The number of hydrogen-bond donors (Lipinski definition) is 1. The lowest BCUT2D eigenvalue weighted by molar-refractivity contribution is 0.0758. The SMILES string of the molecule is CSc1ccc(S(=O)(=O)NCCC(C)C)cc1C(=O)N1CCCCCC1. The van der Waals surface area contributed by atoms with Gasteiger partial charge in [-0.05, 0) is 49.6 Å². The zero-order chi connectivity index (χ0) is 19.2. The Morgan fingerprint density at radius 3 is 2.42 bits per heavy atom. The molecule has 1 aromatic carbocycles. The van der Waals surface area contributed by atoms with Crippen molar-refractivity contribution in [2.45, 2.75) is 55.7 Å². The largest absolute Gasteiger partial charge is 0.339 e. The Labute approximate surface area is 162 Å². The van der Waals surface area contributed by atoms with Gasteiger partial charge in [-0.3, -0.25) is 4.79 Å². The molecule has 5 nitrogen and oxygen atoms in total. The number of carbonyl (C=O) groups excluding carboxylic acids is 1. The van der Waals surface area contributed by atoms with Gasteiger partial charge >= 0.3 is 0 Å². The molecule has 1 amide bonds. The summed E-state index contributed by atoms with van der Waals surface area (Å²) < 4.78 is 27.8. The fourth-order valence-electron chi connectivity index (χ4n) is 3.03. The average Bonchev–Trinajstić information content (AvgIpc) is 2.89. The predicted octanol–water partition coefficient (Wildman–Crippen LogP) is 3.75. The number of likely N-dealkylation sites (tertiary alicyclic amines) is 1. The smallest absolute Gasteiger partial charge is 0.255 e. The van der Waals surface area contributed by atoms with Gasteiger partial charge in [0.25, 0.3) is 5.91 Å². The zero-order valence-electron chi connectivity index (χ0n) is 16.0. The van der Waals surface area contributed by atoms with Crippen molar-refractivity contribution in [2.24, 2.45) is 5.92 Å². The van der Waals surface area contributed by atoms with Crippen molar-refractivity contribution in [2.75, 3.05) is 25.9 Å². The van der Waals surface area contributed by atoms with Crippen LogP contribution in [0.2, 0.25) is 0 Å². The van der Waals surface area contributed by atoms with Gasteiger partial charge in [-0.25, -0.2) is 13.1 Å². The molecular weight excluding hydrogens is 368 g/mol. The molecule has 0 spiro atoms. The first-order valence-corrected chi connectivity index (χ1v) is 12.0. The Morgan fingerprint density at radius 2 is 1.85 bits per heavy atom. The third-order valence-electron chi connectivity index (χ3n) is 4.62. The summed E-state index contributed by atoms with van der Waals surface area (Å²) in [5.41, 5.74) is 0.492. The molecule has 146 valence electrons. The summed E-state index contributed by atoms with van der Waals surface area (Å²) in [6, 6.07) is 4.87. The van der Waals surface area contributed by atoms with Crippen molar-refractivity contribution in [1.29, 1.82) is 0 Å². The number of nitrogens with zero attached hydrogens (tertiary/aromatic N) is 1. The average molecular weight is 399 g/mol. The van der Waals surface area contributed by atoms with Gasteiger partial charge in [0.15, 0.2) is 0 Å².